The normalized spacial score (nSPS) is 11.6. The number of carbonyl (C=O) groups excluding carboxylic acids is 1. The summed E-state index contributed by atoms with van der Waals surface area (Å²) in [5.74, 6) is 0.470. The Morgan fingerprint density at radius 3 is 2.38 bits per heavy atom. The van der Waals surface area contributed by atoms with Gasteiger partial charge in [-0.05, 0) is 73.4 Å². The Bertz CT molecular complexity index is 1310. The van der Waals surface area contributed by atoms with Gasteiger partial charge in [-0.15, -0.1) is 0 Å². The van der Waals surface area contributed by atoms with Crippen LogP contribution in [0.2, 0.25) is 0 Å². The molecule has 4 aromatic rings. The van der Waals surface area contributed by atoms with Crippen LogP contribution in [0.15, 0.2) is 75.8 Å². The summed E-state index contributed by atoms with van der Waals surface area (Å²) in [7, 11) is 1.62. The van der Waals surface area contributed by atoms with Crippen LogP contribution < -0.4 is 10.1 Å². The number of methoxy groups -OCH3 is 1. The van der Waals surface area contributed by atoms with Crippen molar-refractivity contribution in [3.8, 4) is 16.9 Å². The molecule has 0 aliphatic heterocycles. The van der Waals surface area contributed by atoms with Gasteiger partial charge in [-0.3, -0.25) is 4.79 Å². The van der Waals surface area contributed by atoms with Crippen molar-refractivity contribution in [3.63, 3.8) is 0 Å². The molecule has 5 heteroatoms. The van der Waals surface area contributed by atoms with Gasteiger partial charge in [0, 0.05) is 38.8 Å². The molecule has 1 amide bonds. The van der Waals surface area contributed by atoms with Crippen molar-refractivity contribution in [1.29, 1.82) is 0 Å². The molecule has 0 aliphatic rings. The molecule has 0 radical (unpaired) electrons. The van der Waals surface area contributed by atoms with E-state index in [-0.39, 0.29) is 5.91 Å². The van der Waals surface area contributed by atoms with E-state index in [2.05, 4.69) is 27.3 Å². The number of halogens is 1. The number of carbonyl (C=O) groups is 1. The van der Waals surface area contributed by atoms with E-state index < -0.39 is 0 Å². The second-order valence-electron chi connectivity index (χ2n) is 7.90. The van der Waals surface area contributed by atoms with Gasteiger partial charge in [0.2, 0.25) is 5.91 Å². The summed E-state index contributed by atoms with van der Waals surface area (Å²) in [6.45, 7) is 5.93. The Kier molecular flexibility index (Phi) is 6.19. The zero-order chi connectivity index (χ0) is 22.8. The number of ether oxygens (including phenoxy) is 1. The smallest absolute Gasteiger partial charge is 0.248 e. The fourth-order valence-electron chi connectivity index (χ4n) is 3.88. The van der Waals surface area contributed by atoms with E-state index in [1.165, 1.54) is 0 Å². The van der Waals surface area contributed by atoms with Crippen LogP contribution in [0, 0.1) is 13.8 Å². The number of hydrogen-bond acceptors (Lipinski definition) is 3. The van der Waals surface area contributed by atoms with Crippen LogP contribution in [0.3, 0.4) is 0 Å². The van der Waals surface area contributed by atoms with Crippen LogP contribution >= 0.6 is 15.9 Å². The van der Waals surface area contributed by atoms with E-state index >= 15 is 0 Å². The van der Waals surface area contributed by atoms with Gasteiger partial charge in [0.15, 0.2) is 0 Å². The van der Waals surface area contributed by atoms with Crippen molar-refractivity contribution in [2.45, 2.75) is 20.8 Å². The summed E-state index contributed by atoms with van der Waals surface area (Å²) in [5, 5.41) is 3.92. The number of hydrogen-bond donors (Lipinski definition) is 1. The minimum atomic E-state index is -0.185. The molecule has 0 aliphatic carbocycles. The summed E-state index contributed by atoms with van der Waals surface area (Å²) in [4.78, 5) is 12.7. The van der Waals surface area contributed by atoms with Crippen molar-refractivity contribution in [2.75, 3.05) is 12.4 Å². The number of fused-ring (bicyclic) bond motifs is 1. The van der Waals surface area contributed by atoms with Crippen molar-refractivity contribution in [3.05, 3.63) is 88.1 Å². The first kappa shape index (κ1) is 21.9. The Morgan fingerprint density at radius 1 is 1.03 bits per heavy atom. The second kappa shape index (κ2) is 9.05. The topological polar surface area (TPSA) is 51.5 Å². The van der Waals surface area contributed by atoms with Gasteiger partial charge in [0.1, 0.15) is 11.3 Å². The number of aryl methyl sites for hydroxylation is 2. The first-order valence-electron chi connectivity index (χ1n) is 10.3. The predicted molar refractivity (Wildman–Crippen MR) is 134 cm³/mol. The Morgan fingerprint density at radius 2 is 1.72 bits per heavy atom. The number of rotatable bonds is 5. The third kappa shape index (κ3) is 4.63. The number of nitrogens with one attached hydrogen (secondary N) is 1. The van der Waals surface area contributed by atoms with Crippen molar-refractivity contribution >= 4 is 44.1 Å². The number of anilines is 1. The van der Waals surface area contributed by atoms with Gasteiger partial charge in [-0.25, -0.2) is 0 Å². The second-order valence-corrected chi connectivity index (χ2v) is 8.81. The van der Waals surface area contributed by atoms with Gasteiger partial charge in [-0.2, -0.15) is 0 Å². The van der Waals surface area contributed by atoms with E-state index in [0.29, 0.717) is 5.75 Å². The van der Waals surface area contributed by atoms with Crippen molar-refractivity contribution < 1.29 is 13.9 Å². The molecule has 0 spiro atoms. The Labute approximate surface area is 196 Å². The SMILES string of the molecule is COc1cc2occ(-c3ccc(Br)cc3)c2cc1/C(C)=C/C(=O)Nc1cc(C)cc(C)c1. The lowest BCUT2D eigenvalue weighted by molar-refractivity contribution is -0.111. The lowest BCUT2D eigenvalue weighted by Crippen LogP contribution is -2.09. The highest BCUT2D eigenvalue weighted by Gasteiger charge is 2.15. The Hall–Kier alpha value is -3.31. The largest absolute Gasteiger partial charge is 0.496 e. The fourth-order valence-corrected chi connectivity index (χ4v) is 4.15. The minimum absolute atomic E-state index is 0.185. The summed E-state index contributed by atoms with van der Waals surface area (Å²) < 4.78 is 12.4. The highest BCUT2D eigenvalue weighted by Crippen LogP contribution is 2.37. The maximum absolute atomic E-state index is 12.7. The molecule has 4 rings (SSSR count). The van der Waals surface area contributed by atoms with Crippen LogP contribution in [0.1, 0.15) is 23.6 Å². The average Bonchev–Trinajstić information content (AvgIpc) is 3.15. The van der Waals surface area contributed by atoms with E-state index in [4.69, 9.17) is 9.15 Å². The molecular weight excluding hydrogens is 466 g/mol. The summed E-state index contributed by atoms with van der Waals surface area (Å²) in [6.07, 6.45) is 3.35. The van der Waals surface area contributed by atoms with Crippen LogP contribution in [0.5, 0.6) is 5.75 Å². The molecule has 1 N–H and O–H groups in total. The standard InChI is InChI=1S/C27H24BrNO3/c1-16-9-17(2)11-21(10-16)29-27(30)12-18(3)22-13-23-24(19-5-7-20(28)8-6-19)15-32-26(23)14-25(22)31-4/h5-15H,1-4H3,(H,29,30)/b18-12+. The van der Waals surface area contributed by atoms with E-state index in [0.717, 1.165) is 54.5 Å². The zero-order valence-corrected chi connectivity index (χ0v) is 20.0. The van der Waals surface area contributed by atoms with E-state index in [1.54, 1.807) is 19.4 Å². The molecule has 0 unspecified atom stereocenters. The van der Waals surface area contributed by atoms with Crippen molar-refractivity contribution in [1.82, 2.24) is 0 Å². The number of allylic oxidation sites excluding steroid dienone is 1. The van der Waals surface area contributed by atoms with Crippen molar-refractivity contribution in [2.24, 2.45) is 0 Å². The van der Waals surface area contributed by atoms with Crippen LogP contribution in [-0.2, 0) is 4.79 Å². The number of benzene rings is 3. The van der Waals surface area contributed by atoms with Gasteiger partial charge >= 0.3 is 0 Å². The van der Waals surface area contributed by atoms with Gasteiger partial charge in [0.05, 0.1) is 13.4 Å². The average molecular weight is 490 g/mol. The lowest BCUT2D eigenvalue weighted by atomic mass is 9.99. The number of furan rings is 1. The Balaban J connectivity index is 1.70. The highest BCUT2D eigenvalue weighted by atomic mass is 79.9. The molecule has 162 valence electrons. The molecule has 4 nitrogen and oxygen atoms in total. The molecule has 0 fully saturated rings. The minimum Gasteiger partial charge on any atom is -0.496 e. The summed E-state index contributed by atoms with van der Waals surface area (Å²) in [6, 6.07) is 18.0. The monoisotopic (exact) mass is 489 g/mol. The number of amides is 1. The first-order chi connectivity index (χ1) is 15.3. The fraction of sp³-hybridized carbons (Fsp3) is 0.148. The molecule has 1 aromatic heterocycles. The maximum Gasteiger partial charge on any atom is 0.248 e. The van der Waals surface area contributed by atoms with Gasteiger partial charge in [0.25, 0.3) is 0 Å². The molecular formula is C27H24BrNO3. The first-order valence-corrected chi connectivity index (χ1v) is 11.1. The molecule has 32 heavy (non-hydrogen) atoms. The van der Waals surface area contributed by atoms with Crippen LogP contribution in [0.25, 0.3) is 27.7 Å². The van der Waals surface area contributed by atoms with Crippen LogP contribution in [-0.4, -0.2) is 13.0 Å². The van der Waals surface area contributed by atoms with Gasteiger partial charge < -0.3 is 14.5 Å². The molecule has 0 atom stereocenters. The molecule has 1 heterocycles. The predicted octanol–water partition coefficient (Wildman–Crippen LogP) is 7.53. The molecule has 0 saturated heterocycles. The third-order valence-corrected chi connectivity index (χ3v) is 5.84. The summed E-state index contributed by atoms with van der Waals surface area (Å²) in [5.41, 5.74) is 7.41. The summed E-state index contributed by atoms with van der Waals surface area (Å²) >= 11 is 3.48. The highest BCUT2D eigenvalue weighted by molar-refractivity contribution is 9.10. The van der Waals surface area contributed by atoms with E-state index in [9.17, 15) is 4.79 Å². The quantitative estimate of drug-likeness (QED) is 0.294. The zero-order valence-electron chi connectivity index (χ0n) is 18.5. The van der Waals surface area contributed by atoms with E-state index in [1.807, 2.05) is 69.3 Å². The third-order valence-electron chi connectivity index (χ3n) is 5.31. The lowest BCUT2D eigenvalue weighted by Gasteiger charge is -2.11. The van der Waals surface area contributed by atoms with Gasteiger partial charge in [-0.1, -0.05) is 34.1 Å². The maximum atomic E-state index is 12.7. The van der Waals surface area contributed by atoms with Crippen LogP contribution in [0.4, 0.5) is 5.69 Å². The molecule has 0 bridgehead atoms. The molecule has 3 aromatic carbocycles. The molecule has 0 saturated carbocycles.